The lowest BCUT2D eigenvalue weighted by Crippen LogP contribution is -2.01. The van der Waals surface area contributed by atoms with Gasteiger partial charge in [0, 0.05) is 12.0 Å². The number of hydrogen-bond acceptors (Lipinski definition) is 4. The lowest BCUT2D eigenvalue weighted by Gasteiger charge is -2.11. The molecule has 0 N–H and O–H groups in total. The Morgan fingerprint density at radius 2 is 1.71 bits per heavy atom. The maximum atomic E-state index is 6.14. The van der Waals surface area contributed by atoms with Crippen LogP contribution < -0.4 is 9.47 Å². The summed E-state index contributed by atoms with van der Waals surface area (Å²) in [5.41, 5.74) is 0.741. The van der Waals surface area contributed by atoms with E-state index in [1.54, 1.807) is 0 Å². The predicted octanol–water partition coefficient (Wildman–Crippen LogP) is 4.58. The second kappa shape index (κ2) is 7.27. The Morgan fingerprint density at radius 1 is 1.05 bits per heavy atom. The van der Waals surface area contributed by atoms with Gasteiger partial charge in [-0.25, -0.2) is 4.98 Å². The quantitative estimate of drug-likeness (QED) is 0.733. The molecule has 0 radical (unpaired) electrons. The van der Waals surface area contributed by atoms with Crippen molar-refractivity contribution in [3.8, 4) is 17.4 Å². The topological polar surface area (TPSA) is 44.2 Å². The Bertz CT molecular complexity index is 600. The van der Waals surface area contributed by atoms with Gasteiger partial charge in [0.1, 0.15) is 22.5 Å². The molecule has 0 aliphatic rings. The van der Waals surface area contributed by atoms with E-state index < -0.39 is 0 Å². The maximum absolute atomic E-state index is 6.14. The molecule has 21 heavy (non-hydrogen) atoms. The summed E-state index contributed by atoms with van der Waals surface area (Å²) in [6.07, 6.45) is 1.74. The standard InChI is InChI=1S/C16H19ClN2O2/c1-4-6-14-18-15(17)11(3)16(19-14)21-13-9-7-12(8-10-13)20-5-2/h7-10H,4-6H2,1-3H3. The third kappa shape index (κ3) is 4.08. The number of benzene rings is 1. The van der Waals surface area contributed by atoms with Gasteiger partial charge in [-0.2, -0.15) is 4.98 Å². The van der Waals surface area contributed by atoms with Crippen molar-refractivity contribution in [2.45, 2.75) is 33.6 Å². The second-order valence-electron chi connectivity index (χ2n) is 4.62. The summed E-state index contributed by atoms with van der Waals surface area (Å²) in [6.45, 7) is 6.51. The van der Waals surface area contributed by atoms with Gasteiger partial charge in [-0.15, -0.1) is 0 Å². The number of ether oxygens (including phenoxy) is 2. The number of nitrogens with zero attached hydrogens (tertiary/aromatic N) is 2. The molecule has 2 rings (SSSR count). The van der Waals surface area contributed by atoms with E-state index in [4.69, 9.17) is 21.1 Å². The van der Waals surface area contributed by atoms with Gasteiger partial charge in [-0.1, -0.05) is 18.5 Å². The summed E-state index contributed by atoms with van der Waals surface area (Å²) in [5, 5.41) is 0.439. The molecule has 1 heterocycles. The molecule has 0 aliphatic heterocycles. The highest BCUT2D eigenvalue weighted by Gasteiger charge is 2.11. The summed E-state index contributed by atoms with van der Waals surface area (Å²) in [4.78, 5) is 8.69. The first-order valence-corrected chi connectivity index (χ1v) is 7.45. The smallest absolute Gasteiger partial charge is 0.226 e. The van der Waals surface area contributed by atoms with Crippen molar-refractivity contribution in [2.75, 3.05) is 6.61 Å². The first-order chi connectivity index (χ1) is 10.1. The first-order valence-electron chi connectivity index (χ1n) is 7.07. The van der Waals surface area contributed by atoms with Gasteiger partial charge in [0.2, 0.25) is 5.88 Å². The summed E-state index contributed by atoms with van der Waals surface area (Å²) in [7, 11) is 0. The van der Waals surface area contributed by atoms with Gasteiger partial charge in [0.25, 0.3) is 0 Å². The third-order valence-electron chi connectivity index (χ3n) is 2.91. The molecule has 0 saturated carbocycles. The lowest BCUT2D eigenvalue weighted by atomic mass is 10.3. The fourth-order valence-corrected chi connectivity index (χ4v) is 2.01. The molecule has 0 saturated heterocycles. The summed E-state index contributed by atoms with van der Waals surface area (Å²) >= 11 is 6.14. The highest BCUT2D eigenvalue weighted by atomic mass is 35.5. The van der Waals surface area contributed by atoms with Crippen molar-refractivity contribution >= 4 is 11.6 Å². The Balaban J connectivity index is 2.21. The van der Waals surface area contributed by atoms with E-state index in [0.29, 0.717) is 29.2 Å². The van der Waals surface area contributed by atoms with E-state index in [2.05, 4.69) is 16.9 Å². The van der Waals surface area contributed by atoms with Crippen LogP contribution in [0.25, 0.3) is 0 Å². The summed E-state index contributed by atoms with van der Waals surface area (Å²) in [5.74, 6) is 2.71. The number of hydrogen-bond donors (Lipinski definition) is 0. The minimum atomic E-state index is 0.439. The molecule has 0 bridgehead atoms. The molecule has 5 heteroatoms. The van der Waals surface area contributed by atoms with Crippen LogP contribution in [0.4, 0.5) is 0 Å². The second-order valence-corrected chi connectivity index (χ2v) is 4.98. The zero-order valence-corrected chi connectivity index (χ0v) is 13.3. The van der Waals surface area contributed by atoms with Crippen LogP contribution in [0, 0.1) is 6.92 Å². The summed E-state index contributed by atoms with van der Waals surface area (Å²) in [6, 6.07) is 7.42. The molecule has 1 aromatic heterocycles. The number of rotatable bonds is 6. The van der Waals surface area contributed by atoms with E-state index >= 15 is 0 Å². The van der Waals surface area contributed by atoms with E-state index in [0.717, 1.165) is 24.2 Å². The number of aromatic nitrogens is 2. The van der Waals surface area contributed by atoms with Gasteiger partial charge in [0.15, 0.2) is 0 Å². The highest BCUT2D eigenvalue weighted by Crippen LogP contribution is 2.28. The van der Waals surface area contributed by atoms with Crippen LogP contribution in [0.15, 0.2) is 24.3 Å². The van der Waals surface area contributed by atoms with Crippen molar-refractivity contribution in [3.05, 3.63) is 40.8 Å². The van der Waals surface area contributed by atoms with Crippen molar-refractivity contribution in [1.82, 2.24) is 9.97 Å². The Labute approximate surface area is 130 Å². The van der Waals surface area contributed by atoms with Gasteiger partial charge in [-0.05, 0) is 44.5 Å². The normalized spacial score (nSPS) is 10.5. The summed E-state index contributed by atoms with van der Waals surface area (Å²) < 4.78 is 11.2. The molecule has 2 aromatic rings. The van der Waals surface area contributed by atoms with Crippen LogP contribution in [0.3, 0.4) is 0 Å². The zero-order chi connectivity index (χ0) is 15.2. The molecule has 0 aliphatic carbocycles. The first kappa shape index (κ1) is 15.6. The van der Waals surface area contributed by atoms with Crippen LogP contribution in [0.2, 0.25) is 5.15 Å². The zero-order valence-electron chi connectivity index (χ0n) is 12.5. The van der Waals surface area contributed by atoms with E-state index in [9.17, 15) is 0 Å². The number of aryl methyl sites for hydroxylation is 1. The molecule has 0 spiro atoms. The molecular formula is C16H19ClN2O2. The van der Waals surface area contributed by atoms with Gasteiger partial charge >= 0.3 is 0 Å². The van der Waals surface area contributed by atoms with E-state index in [1.165, 1.54) is 0 Å². The fraction of sp³-hybridized carbons (Fsp3) is 0.375. The maximum Gasteiger partial charge on any atom is 0.226 e. The van der Waals surface area contributed by atoms with Crippen molar-refractivity contribution in [2.24, 2.45) is 0 Å². The minimum Gasteiger partial charge on any atom is -0.494 e. The third-order valence-corrected chi connectivity index (χ3v) is 3.28. The van der Waals surface area contributed by atoms with Gasteiger partial charge in [0.05, 0.1) is 6.61 Å². The van der Waals surface area contributed by atoms with Crippen molar-refractivity contribution in [1.29, 1.82) is 0 Å². The van der Waals surface area contributed by atoms with Crippen LogP contribution in [0.5, 0.6) is 17.4 Å². The van der Waals surface area contributed by atoms with Crippen LogP contribution in [-0.4, -0.2) is 16.6 Å². The van der Waals surface area contributed by atoms with Crippen LogP contribution >= 0.6 is 11.6 Å². The minimum absolute atomic E-state index is 0.439. The number of halogens is 1. The molecule has 0 fully saturated rings. The molecular weight excluding hydrogens is 288 g/mol. The van der Waals surface area contributed by atoms with Gasteiger partial charge in [-0.3, -0.25) is 0 Å². The van der Waals surface area contributed by atoms with E-state index in [1.807, 2.05) is 38.1 Å². The Morgan fingerprint density at radius 3 is 2.33 bits per heavy atom. The SMILES string of the molecule is CCCc1nc(Cl)c(C)c(Oc2ccc(OCC)cc2)n1. The van der Waals surface area contributed by atoms with Crippen molar-refractivity contribution in [3.63, 3.8) is 0 Å². The Kier molecular flexibility index (Phi) is 5.39. The predicted molar refractivity (Wildman–Crippen MR) is 83.5 cm³/mol. The average Bonchev–Trinajstić information content (AvgIpc) is 2.47. The van der Waals surface area contributed by atoms with Crippen LogP contribution in [0.1, 0.15) is 31.7 Å². The molecule has 0 unspecified atom stereocenters. The molecule has 0 amide bonds. The largest absolute Gasteiger partial charge is 0.494 e. The molecule has 1 aromatic carbocycles. The van der Waals surface area contributed by atoms with Crippen LogP contribution in [-0.2, 0) is 6.42 Å². The Hall–Kier alpha value is -1.81. The van der Waals surface area contributed by atoms with Gasteiger partial charge < -0.3 is 9.47 Å². The monoisotopic (exact) mass is 306 g/mol. The van der Waals surface area contributed by atoms with E-state index in [-0.39, 0.29) is 0 Å². The van der Waals surface area contributed by atoms with Crippen molar-refractivity contribution < 1.29 is 9.47 Å². The molecule has 4 nitrogen and oxygen atoms in total. The molecule has 0 atom stereocenters. The highest BCUT2D eigenvalue weighted by molar-refractivity contribution is 6.30. The average molecular weight is 307 g/mol. The lowest BCUT2D eigenvalue weighted by molar-refractivity contribution is 0.339. The molecule has 112 valence electrons. The fourth-order valence-electron chi connectivity index (χ4n) is 1.83.